The third-order valence-corrected chi connectivity index (χ3v) is 10.2. The number of ether oxygens (including phenoxy) is 1. The van der Waals surface area contributed by atoms with Crippen LogP contribution in [0.4, 0.5) is 5.69 Å². The molecular weight excluding hydrogens is 633 g/mol. The third-order valence-electron chi connectivity index (χ3n) is 7.47. The number of halogens is 3. The molecule has 0 bridgehead atoms. The van der Waals surface area contributed by atoms with Gasteiger partial charge >= 0.3 is 0 Å². The van der Waals surface area contributed by atoms with Crippen LogP contribution in [0.25, 0.3) is 0 Å². The van der Waals surface area contributed by atoms with Gasteiger partial charge in [0.2, 0.25) is 11.8 Å². The fraction of sp³-hybridized carbons (Fsp3) is 0.355. The van der Waals surface area contributed by atoms with Gasteiger partial charge in [-0.25, -0.2) is 8.42 Å². The topological polar surface area (TPSA) is 96.0 Å². The Morgan fingerprint density at radius 2 is 1.60 bits per heavy atom. The maximum absolute atomic E-state index is 14.2. The van der Waals surface area contributed by atoms with Crippen LogP contribution < -0.4 is 14.4 Å². The Bertz CT molecular complexity index is 1530. The molecule has 43 heavy (non-hydrogen) atoms. The number of benzene rings is 3. The molecule has 1 aliphatic carbocycles. The molecule has 1 atom stereocenters. The number of nitrogens with one attached hydrogen (secondary N) is 1. The van der Waals surface area contributed by atoms with Gasteiger partial charge < -0.3 is 15.0 Å². The van der Waals surface area contributed by atoms with Crippen LogP contribution in [0.3, 0.4) is 0 Å². The number of amides is 2. The summed E-state index contributed by atoms with van der Waals surface area (Å²) in [6.07, 6.45) is 4.15. The number of anilines is 1. The minimum absolute atomic E-state index is 0.0172. The minimum Gasteiger partial charge on any atom is -0.497 e. The highest BCUT2D eigenvalue weighted by atomic mass is 35.5. The first-order valence-electron chi connectivity index (χ1n) is 14.0. The number of hydrogen-bond acceptors (Lipinski definition) is 5. The Hall–Kier alpha value is -2.98. The lowest BCUT2D eigenvalue weighted by atomic mass is 10.1. The molecule has 230 valence electrons. The molecule has 0 heterocycles. The first-order chi connectivity index (χ1) is 20.5. The van der Waals surface area contributed by atoms with Crippen LogP contribution in [0.2, 0.25) is 15.1 Å². The summed E-state index contributed by atoms with van der Waals surface area (Å²) in [5, 5.41) is 4.16. The van der Waals surface area contributed by atoms with E-state index in [4.69, 9.17) is 39.5 Å². The number of methoxy groups -OCH3 is 1. The maximum Gasteiger partial charge on any atom is 0.264 e. The Morgan fingerprint density at radius 1 is 0.953 bits per heavy atom. The molecule has 8 nitrogen and oxygen atoms in total. The molecule has 0 radical (unpaired) electrons. The van der Waals surface area contributed by atoms with E-state index in [-0.39, 0.29) is 29.1 Å². The molecule has 0 unspecified atom stereocenters. The summed E-state index contributed by atoms with van der Waals surface area (Å²) in [6.45, 7) is 1.27. The fourth-order valence-electron chi connectivity index (χ4n) is 5.13. The van der Waals surface area contributed by atoms with Crippen LogP contribution in [0.1, 0.15) is 44.6 Å². The number of sulfonamides is 1. The average Bonchev–Trinajstić information content (AvgIpc) is 3.51. The van der Waals surface area contributed by atoms with E-state index < -0.39 is 28.5 Å². The molecular formula is C31H34Cl3N3O5S. The summed E-state index contributed by atoms with van der Waals surface area (Å²) < 4.78 is 34.2. The van der Waals surface area contributed by atoms with Crippen molar-refractivity contribution in [2.24, 2.45) is 0 Å². The van der Waals surface area contributed by atoms with Crippen molar-refractivity contribution in [3.05, 3.63) is 87.4 Å². The Morgan fingerprint density at radius 3 is 2.19 bits per heavy atom. The average molecular weight is 667 g/mol. The van der Waals surface area contributed by atoms with Gasteiger partial charge in [-0.05, 0) is 85.5 Å². The van der Waals surface area contributed by atoms with Crippen LogP contribution in [-0.2, 0) is 26.2 Å². The van der Waals surface area contributed by atoms with Crippen LogP contribution >= 0.6 is 34.8 Å². The van der Waals surface area contributed by atoms with Crippen molar-refractivity contribution in [2.45, 2.75) is 62.6 Å². The van der Waals surface area contributed by atoms with E-state index >= 15 is 0 Å². The van der Waals surface area contributed by atoms with Crippen molar-refractivity contribution in [1.82, 2.24) is 10.2 Å². The third kappa shape index (κ3) is 8.15. The van der Waals surface area contributed by atoms with E-state index in [1.807, 2.05) is 6.92 Å². The molecule has 2 amide bonds. The van der Waals surface area contributed by atoms with Crippen LogP contribution in [0, 0.1) is 0 Å². The SMILES string of the molecule is CC[C@@H](C(=O)NC1CCCC1)N(Cc1ccc(Cl)c(Cl)c1)C(=O)CN(c1ccc(Cl)cc1)S(=O)(=O)c1ccc(OC)cc1. The molecule has 1 saturated carbocycles. The largest absolute Gasteiger partial charge is 0.497 e. The number of hydrogen-bond donors (Lipinski definition) is 1. The molecule has 1 fully saturated rings. The monoisotopic (exact) mass is 665 g/mol. The second-order valence-corrected chi connectivity index (χ2v) is 13.5. The highest BCUT2D eigenvalue weighted by Gasteiger charge is 2.34. The number of nitrogens with zero attached hydrogens (tertiary/aromatic N) is 2. The molecule has 1 aliphatic rings. The van der Waals surface area contributed by atoms with E-state index in [1.54, 1.807) is 30.3 Å². The highest BCUT2D eigenvalue weighted by Crippen LogP contribution is 2.28. The smallest absolute Gasteiger partial charge is 0.264 e. The predicted octanol–water partition coefficient (Wildman–Crippen LogP) is 6.72. The van der Waals surface area contributed by atoms with Crippen LogP contribution in [-0.4, -0.2) is 50.9 Å². The molecule has 3 aromatic carbocycles. The van der Waals surface area contributed by atoms with Gasteiger partial charge in [0.1, 0.15) is 18.3 Å². The van der Waals surface area contributed by atoms with Crippen molar-refractivity contribution >= 4 is 62.3 Å². The first-order valence-corrected chi connectivity index (χ1v) is 16.6. The molecule has 0 aromatic heterocycles. The quantitative estimate of drug-likeness (QED) is 0.232. The minimum atomic E-state index is -4.23. The molecule has 12 heteroatoms. The Balaban J connectivity index is 1.72. The molecule has 4 rings (SSSR count). The second kappa shape index (κ2) is 14.7. The summed E-state index contributed by atoms with van der Waals surface area (Å²) in [4.78, 5) is 29.1. The molecule has 0 aliphatic heterocycles. The summed E-state index contributed by atoms with van der Waals surface area (Å²) in [5.41, 5.74) is 0.887. The summed E-state index contributed by atoms with van der Waals surface area (Å²) in [6, 6.07) is 16.2. The van der Waals surface area contributed by atoms with Gasteiger partial charge in [0.15, 0.2) is 0 Å². The van der Waals surface area contributed by atoms with E-state index in [2.05, 4.69) is 5.32 Å². The lowest BCUT2D eigenvalue weighted by molar-refractivity contribution is -0.140. The number of carbonyl (C=O) groups excluding carboxylic acids is 2. The zero-order valence-corrected chi connectivity index (χ0v) is 27.0. The van der Waals surface area contributed by atoms with Gasteiger partial charge in [-0.2, -0.15) is 0 Å². The molecule has 3 aromatic rings. The van der Waals surface area contributed by atoms with Gasteiger partial charge in [-0.1, -0.05) is 60.6 Å². The van der Waals surface area contributed by atoms with Crippen molar-refractivity contribution in [3.8, 4) is 5.75 Å². The van der Waals surface area contributed by atoms with Crippen molar-refractivity contribution < 1.29 is 22.7 Å². The van der Waals surface area contributed by atoms with Crippen molar-refractivity contribution in [3.63, 3.8) is 0 Å². The lowest BCUT2D eigenvalue weighted by Gasteiger charge is -2.34. The fourth-order valence-corrected chi connectivity index (χ4v) is 6.99. The van der Waals surface area contributed by atoms with E-state index in [0.717, 1.165) is 30.0 Å². The molecule has 0 saturated heterocycles. The number of carbonyl (C=O) groups is 2. The number of rotatable bonds is 12. The second-order valence-electron chi connectivity index (χ2n) is 10.3. The van der Waals surface area contributed by atoms with Gasteiger partial charge in [0, 0.05) is 17.6 Å². The Labute approximate surface area is 267 Å². The predicted molar refractivity (Wildman–Crippen MR) is 170 cm³/mol. The van der Waals surface area contributed by atoms with E-state index in [0.29, 0.717) is 32.8 Å². The summed E-state index contributed by atoms with van der Waals surface area (Å²) >= 11 is 18.5. The van der Waals surface area contributed by atoms with Gasteiger partial charge in [-0.3, -0.25) is 13.9 Å². The standard InChI is InChI=1S/C31H34Cl3N3O5S/c1-3-29(31(39)35-23-6-4-5-7-23)36(19-21-8-17-27(33)28(34)18-21)30(38)20-37(24-11-9-22(32)10-12-24)43(40,41)26-15-13-25(42-2)14-16-26/h8-18,23,29H,3-7,19-20H2,1-2H3,(H,35,39)/t29-/m0/s1. The van der Waals surface area contributed by atoms with Crippen molar-refractivity contribution in [1.29, 1.82) is 0 Å². The first kappa shape index (κ1) is 32.9. The zero-order valence-electron chi connectivity index (χ0n) is 23.9. The lowest BCUT2D eigenvalue weighted by Crippen LogP contribution is -2.53. The molecule has 1 N–H and O–H groups in total. The summed E-state index contributed by atoms with van der Waals surface area (Å²) in [7, 11) is -2.75. The van der Waals surface area contributed by atoms with Gasteiger partial charge in [-0.15, -0.1) is 0 Å². The van der Waals surface area contributed by atoms with Crippen LogP contribution in [0.5, 0.6) is 5.75 Å². The van der Waals surface area contributed by atoms with Gasteiger partial charge in [0.25, 0.3) is 10.0 Å². The Kier molecular flexibility index (Phi) is 11.2. The van der Waals surface area contributed by atoms with Crippen molar-refractivity contribution in [2.75, 3.05) is 18.0 Å². The van der Waals surface area contributed by atoms with Crippen LogP contribution in [0.15, 0.2) is 71.6 Å². The highest BCUT2D eigenvalue weighted by molar-refractivity contribution is 7.92. The molecule has 0 spiro atoms. The normalized spacial score (nSPS) is 14.3. The van der Waals surface area contributed by atoms with Gasteiger partial charge in [0.05, 0.1) is 27.7 Å². The zero-order chi connectivity index (χ0) is 31.1. The summed E-state index contributed by atoms with van der Waals surface area (Å²) in [5.74, 6) is -0.356. The van der Waals surface area contributed by atoms with E-state index in [9.17, 15) is 18.0 Å². The maximum atomic E-state index is 14.2. The van der Waals surface area contributed by atoms with E-state index in [1.165, 1.54) is 48.4 Å².